The van der Waals surface area contributed by atoms with Crippen LogP contribution in [0.4, 0.5) is 0 Å². The van der Waals surface area contributed by atoms with Crippen LogP contribution < -0.4 is 0 Å². The smallest absolute Gasteiger partial charge is 0.157 e. The molecular weight excluding hydrogens is 352 g/mol. The Kier molecular flexibility index (Phi) is 2.86. The fourth-order valence-corrected chi connectivity index (χ4v) is 4.71. The Hall–Kier alpha value is -1.98. The summed E-state index contributed by atoms with van der Waals surface area (Å²) in [6, 6.07) is 8.67. The van der Waals surface area contributed by atoms with Crippen molar-refractivity contribution in [2.75, 3.05) is 0 Å². The van der Waals surface area contributed by atoms with Crippen LogP contribution in [-0.2, 0) is 0 Å². The van der Waals surface area contributed by atoms with Crippen LogP contribution in [0.2, 0.25) is 5.15 Å². The number of hydrogen-bond donors (Lipinski definition) is 0. The average Bonchev–Trinajstić information content (AvgIpc) is 3.52. The summed E-state index contributed by atoms with van der Waals surface area (Å²) in [6.07, 6.45) is 5.68. The Morgan fingerprint density at radius 2 is 2.08 bits per heavy atom. The molecule has 0 amide bonds. The first kappa shape index (κ1) is 14.2. The van der Waals surface area contributed by atoms with Gasteiger partial charge in [-0.1, -0.05) is 17.7 Å². The maximum atomic E-state index is 6.29. The van der Waals surface area contributed by atoms with Crippen molar-refractivity contribution in [2.45, 2.75) is 37.0 Å². The molecule has 0 unspecified atom stereocenters. The predicted octanol–water partition coefficient (Wildman–Crippen LogP) is 5.14. The molecule has 25 heavy (non-hydrogen) atoms. The van der Waals surface area contributed by atoms with Crippen molar-refractivity contribution in [1.82, 2.24) is 19.6 Å². The molecule has 4 aromatic rings. The van der Waals surface area contributed by atoms with E-state index in [1.54, 1.807) is 11.3 Å². The molecule has 0 aliphatic heterocycles. The third kappa shape index (κ3) is 2.29. The van der Waals surface area contributed by atoms with Gasteiger partial charge in [0.1, 0.15) is 5.15 Å². The topological polar surface area (TPSA) is 43.1 Å². The van der Waals surface area contributed by atoms with Crippen molar-refractivity contribution >= 4 is 38.8 Å². The molecule has 2 aliphatic carbocycles. The first-order chi connectivity index (χ1) is 12.3. The minimum absolute atomic E-state index is 0.466. The molecule has 0 N–H and O–H groups in total. The molecule has 2 aliphatic rings. The standard InChI is InChI=1S/C19H15ClN4S/c20-18-7-14(19-22-16(10-1-2-10)8-24(19)23-18)13-6-12(13)11-3-4-17-15(5-11)21-9-25-17/h3-5,7-10,12-13H,1-2,6H2/t12-,13+/m1/s1. The van der Waals surface area contributed by atoms with Crippen LogP contribution in [0.5, 0.6) is 0 Å². The number of rotatable bonds is 3. The molecule has 6 heteroatoms. The van der Waals surface area contributed by atoms with Crippen molar-refractivity contribution in [3.8, 4) is 0 Å². The molecule has 3 heterocycles. The summed E-state index contributed by atoms with van der Waals surface area (Å²) in [7, 11) is 0. The maximum Gasteiger partial charge on any atom is 0.157 e. The van der Waals surface area contributed by atoms with Crippen molar-refractivity contribution in [3.05, 3.63) is 57.9 Å². The first-order valence-electron chi connectivity index (χ1n) is 8.65. The molecule has 4 nitrogen and oxygen atoms in total. The predicted molar refractivity (Wildman–Crippen MR) is 99.7 cm³/mol. The molecular formula is C19H15ClN4S. The van der Waals surface area contributed by atoms with Gasteiger partial charge in [0.2, 0.25) is 0 Å². The largest absolute Gasteiger partial charge is 0.245 e. The SMILES string of the molecule is Clc1cc([C@H]2C[C@@H]2c2ccc3scnc3c2)c2nc(C3CC3)cn2n1. The number of hydrogen-bond acceptors (Lipinski definition) is 4. The quantitative estimate of drug-likeness (QED) is 0.504. The first-order valence-corrected chi connectivity index (χ1v) is 9.91. The lowest BCUT2D eigenvalue weighted by Gasteiger charge is -2.04. The number of imidazole rings is 1. The summed E-state index contributed by atoms with van der Waals surface area (Å²) < 4.78 is 3.13. The van der Waals surface area contributed by atoms with E-state index < -0.39 is 0 Å². The van der Waals surface area contributed by atoms with E-state index in [1.807, 2.05) is 16.1 Å². The lowest BCUT2D eigenvalue weighted by atomic mass is 10.1. The molecule has 0 saturated heterocycles. The highest BCUT2D eigenvalue weighted by atomic mass is 35.5. The fourth-order valence-electron chi connectivity index (χ4n) is 3.85. The lowest BCUT2D eigenvalue weighted by molar-refractivity contribution is 0.904. The van der Waals surface area contributed by atoms with Gasteiger partial charge in [-0.25, -0.2) is 14.5 Å². The van der Waals surface area contributed by atoms with Crippen LogP contribution in [-0.4, -0.2) is 19.6 Å². The van der Waals surface area contributed by atoms with E-state index in [0.29, 0.717) is 22.9 Å². The van der Waals surface area contributed by atoms with Gasteiger partial charge in [0.25, 0.3) is 0 Å². The van der Waals surface area contributed by atoms with Gasteiger partial charge in [-0.15, -0.1) is 11.3 Å². The Morgan fingerprint density at radius 1 is 1.16 bits per heavy atom. The monoisotopic (exact) mass is 366 g/mol. The van der Waals surface area contributed by atoms with Crippen LogP contribution in [0.3, 0.4) is 0 Å². The van der Waals surface area contributed by atoms with Crippen molar-refractivity contribution in [3.63, 3.8) is 0 Å². The second-order valence-electron chi connectivity index (χ2n) is 7.16. The summed E-state index contributed by atoms with van der Waals surface area (Å²) in [5.74, 6) is 1.61. The number of nitrogens with zero attached hydrogens (tertiary/aromatic N) is 4. The Labute approximate surface area is 153 Å². The minimum Gasteiger partial charge on any atom is -0.245 e. The average molecular weight is 367 g/mol. The third-order valence-electron chi connectivity index (χ3n) is 5.41. The van der Waals surface area contributed by atoms with E-state index in [-0.39, 0.29) is 0 Å². The van der Waals surface area contributed by atoms with E-state index in [4.69, 9.17) is 16.6 Å². The van der Waals surface area contributed by atoms with Gasteiger partial charge in [0.05, 0.1) is 27.6 Å². The second-order valence-corrected chi connectivity index (χ2v) is 8.43. The summed E-state index contributed by atoms with van der Waals surface area (Å²) >= 11 is 7.98. The van der Waals surface area contributed by atoms with Crippen molar-refractivity contribution in [1.29, 1.82) is 0 Å². The molecule has 0 spiro atoms. The molecule has 6 rings (SSSR count). The van der Waals surface area contributed by atoms with Gasteiger partial charge < -0.3 is 0 Å². The molecule has 3 aromatic heterocycles. The van der Waals surface area contributed by atoms with Crippen LogP contribution in [0.25, 0.3) is 15.9 Å². The Balaban J connectivity index is 1.41. The number of fused-ring (bicyclic) bond motifs is 2. The van der Waals surface area contributed by atoms with Gasteiger partial charge in [-0.3, -0.25) is 0 Å². The highest BCUT2D eigenvalue weighted by molar-refractivity contribution is 7.16. The molecule has 2 fully saturated rings. The Bertz CT molecular complexity index is 1130. The summed E-state index contributed by atoms with van der Waals surface area (Å²) in [5, 5.41) is 4.96. The summed E-state index contributed by atoms with van der Waals surface area (Å²) in [5.41, 5.74) is 7.75. The van der Waals surface area contributed by atoms with Gasteiger partial charge in [-0.2, -0.15) is 5.10 Å². The summed E-state index contributed by atoms with van der Waals surface area (Å²) in [4.78, 5) is 9.33. The Morgan fingerprint density at radius 3 is 2.96 bits per heavy atom. The van der Waals surface area contributed by atoms with Crippen LogP contribution in [0.1, 0.15) is 53.8 Å². The van der Waals surface area contributed by atoms with Crippen molar-refractivity contribution < 1.29 is 0 Å². The minimum atomic E-state index is 0.466. The molecule has 1 aromatic carbocycles. The van der Waals surface area contributed by atoms with E-state index in [1.165, 1.54) is 28.7 Å². The molecule has 0 radical (unpaired) electrons. The number of benzene rings is 1. The van der Waals surface area contributed by atoms with Crippen LogP contribution >= 0.6 is 22.9 Å². The van der Waals surface area contributed by atoms with E-state index >= 15 is 0 Å². The summed E-state index contributed by atoms with van der Waals surface area (Å²) in [6.45, 7) is 0. The van der Waals surface area contributed by atoms with E-state index in [9.17, 15) is 0 Å². The fraction of sp³-hybridized carbons (Fsp3) is 0.316. The zero-order valence-corrected chi connectivity index (χ0v) is 15.0. The lowest BCUT2D eigenvalue weighted by Crippen LogP contribution is -1.96. The second kappa shape index (κ2) is 5.02. The van der Waals surface area contributed by atoms with Gasteiger partial charge >= 0.3 is 0 Å². The van der Waals surface area contributed by atoms with Crippen molar-refractivity contribution in [2.24, 2.45) is 0 Å². The molecule has 0 bridgehead atoms. The molecule has 124 valence electrons. The zero-order chi connectivity index (χ0) is 16.5. The number of aromatic nitrogens is 4. The highest BCUT2D eigenvalue weighted by Crippen LogP contribution is 2.56. The molecule has 2 saturated carbocycles. The van der Waals surface area contributed by atoms with E-state index in [2.05, 4.69) is 34.5 Å². The van der Waals surface area contributed by atoms with Gasteiger partial charge in [-0.05, 0) is 54.9 Å². The highest BCUT2D eigenvalue weighted by Gasteiger charge is 2.41. The maximum absolute atomic E-state index is 6.29. The van der Waals surface area contributed by atoms with Gasteiger partial charge in [0, 0.05) is 11.5 Å². The normalized spacial score (nSPS) is 22.8. The van der Waals surface area contributed by atoms with Gasteiger partial charge in [0.15, 0.2) is 5.65 Å². The van der Waals surface area contributed by atoms with Crippen LogP contribution in [0.15, 0.2) is 36.0 Å². The van der Waals surface area contributed by atoms with E-state index in [0.717, 1.165) is 23.3 Å². The third-order valence-corrected chi connectivity index (χ3v) is 6.41. The number of halogens is 1. The van der Waals surface area contributed by atoms with Crippen LogP contribution in [0, 0.1) is 0 Å². The number of thiazole rings is 1. The molecule has 2 atom stereocenters. The zero-order valence-electron chi connectivity index (χ0n) is 13.4.